The van der Waals surface area contributed by atoms with E-state index >= 15 is 0 Å². The first-order valence-corrected chi connectivity index (χ1v) is 4.55. The average Bonchev–Trinajstić information content (AvgIpc) is 2.15. The number of rotatable bonds is 4. The second-order valence-electron chi connectivity index (χ2n) is 3.16. The Hall–Kier alpha value is -1.52. The highest BCUT2D eigenvalue weighted by molar-refractivity contribution is 5.83. The van der Waals surface area contributed by atoms with Crippen LogP contribution in [0.2, 0.25) is 0 Å². The number of carbonyl (C=O) groups excluding carboxylic acids is 1. The van der Waals surface area contributed by atoms with E-state index in [1.807, 2.05) is 0 Å². The van der Waals surface area contributed by atoms with E-state index in [0.29, 0.717) is 13.1 Å². The summed E-state index contributed by atoms with van der Waals surface area (Å²) in [4.78, 5) is 23.5. The minimum atomic E-state index is -0.984. The maximum Gasteiger partial charge on any atom is 0.326 e. The number of carbonyl (C=O) groups is 2. The molecule has 0 spiro atoms. The van der Waals surface area contributed by atoms with Crippen LogP contribution in [0.1, 0.15) is 12.8 Å². The highest BCUT2D eigenvalue weighted by atomic mass is 16.4. The molecule has 0 aromatic carbocycles. The van der Waals surface area contributed by atoms with Gasteiger partial charge < -0.3 is 15.3 Å². The van der Waals surface area contributed by atoms with Gasteiger partial charge in [0.25, 0.3) is 0 Å². The summed E-state index contributed by atoms with van der Waals surface area (Å²) in [5.74, 6) is -0.984. The monoisotopic (exact) mass is 198 g/mol. The predicted molar refractivity (Wildman–Crippen MR) is 51.0 cm³/mol. The third-order valence-electron chi connectivity index (χ3n) is 2.16. The molecule has 5 heteroatoms. The number of hydrogen-bond donors (Lipinski definition) is 2. The molecule has 1 rings (SSSR count). The average molecular weight is 198 g/mol. The Balaban J connectivity index is 2.69. The minimum absolute atomic E-state index is 0.281. The quantitative estimate of drug-likeness (QED) is 0.643. The van der Waals surface area contributed by atoms with E-state index in [4.69, 9.17) is 5.11 Å². The largest absolute Gasteiger partial charge is 0.480 e. The Morgan fingerprint density at radius 2 is 2.50 bits per heavy atom. The van der Waals surface area contributed by atoms with Gasteiger partial charge in [0.2, 0.25) is 0 Å². The van der Waals surface area contributed by atoms with Crippen molar-refractivity contribution in [2.24, 2.45) is 0 Å². The summed E-state index contributed by atoms with van der Waals surface area (Å²) in [6.07, 6.45) is 2.58. The SMILES string of the molecule is C=CCC(C(=O)O)N1CCCNC1=O. The first kappa shape index (κ1) is 10.6. The smallest absolute Gasteiger partial charge is 0.326 e. The van der Waals surface area contributed by atoms with Gasteiger partial charge in [0.05, 0.1) is 0 Å². The molecule has 1 atom stereocenters. The molecule has 0 bridgehead atoms. The fraction of sp³-hybridized carbons (Fsp3) is 0.556. The van der Waals surface area contributed by atoms with Crippen LogP contribution in [-0.2, 0) is 4.79 Å². The van der Waals surface area contributed by atoms with Gasteiger partial charge in [-0.25, -0.2) is 9.59 Å². The third-order valence-corrected chi connectivity index (χ3v) is 2.16. The van der Waals surface area contributed by atoms with E-state index in [0.717, 1.165) is 6.42 Å². The van der Waals surface area contributed by atoms with Crippen LogP contribution in [0, 0.1) is 0 Å². The number of nitrogens with one attached hydrogen (secondary N) is 1. The summed E-state index contributed by atoms with van der Waals surface area (Å²) < 4.78 is 0. The summed E-state index contributed by atoms with van der Waals surface area (Å²) in [6, 6.07) is -1.08. The first-order chi connectivity index (χ1) is 6.66. The van der Waals surface area contributed by atoms with Crippen LogP contribution in [-0.4, -0.2) is 41.1 Å². The summed E-state index contributed by atoms with van der Waals surface area (Å²) in [6.45, 7) is 4.60. The van der Waals surface area contributed by atoms with Crippen molar-refractivity contribution < 1.29 is 14.7 Å². The van der Waals surface area contributed by atoms with Crippen LogP contribution in [0.4, 0.5) is 4.79 Å². The molecule has 0 aromatic heterocycles. The van der Waals surface area contributed by atoms with Gasteiger partial charge in [-0.1, -0.05) is 6.08 Å². The Morgan fingerprint density at radius 3 is 3.00 bits per heavy atom. The van der Waals surface area contributed by atoms with E-state index < -0.39 is 12.0 Å². The molecule has 1 unspecified atom stereocenters. The van der Waals surface area contributed by atoms with Gasteiger partial charge in [0, 0.05) is 13.1 Å². The second-order valence-corrected chi connectivity index (χ2v) is 3.16. The van der Waals surface area contributed by atoms with Gasteiger partial charge in [-0.2, -0.15) is 0 Å². The summed E-state index contributed by atoms with van der Waals surface area (Å²) >= 11 is 0. The maximum absolute atomic E-state index is 11.3. The molecule has 2 N–H and O–H groups in total. The number of amides is 2. The fourth-order valence-corrected chi connectivity index (χ4v) is 1.46. The number of hydrogen-bond acceptors (Lipinski definition) is 2. The third kappa shape index (κ3) is 2.25. The van der Waals surface area contributed by atoms with Crippen molar-refractivity contribution in [3.05, 3.63) is 12.7 Å². The number of nitrogens with zero attached hydrogens (tertiary/aromatic N) is 1. The molecule has 2 amide bonds. The van der Waals surface area contributed by atoms with Gasteiger partial charge in [-0.05, 0) is 12.8 Å². The van der Waals surface area contributed by atoms with Crippen LogP contribution < -0.4 is 5.32 Å². The fourth-order valence-electron chi connectivity index (χ4n) is 1.46. The number of urea groups is 1. The number of carboxylic acid groups (broad SMARTS) is 1. The van der Waals surface area contributed by atoms with Crippen LogP contribution in [0.3, 0.4) is 0 Å². The zero-order valence-electron chi connectivity index (χ0n) is 7.90. The van der Waals surface area contributed by atoms with E-state index in [1.165, 1.54) is 11.0 Å². The van der Waals surface area contributed by atoms with E-state index in [2.05, 4.69) is 11.9 Å². The second kappa shape index (κ2) is 4.64. The van der Waals surface area contributed by atoms with Crippen LogP contribution >= 0.6 is 0 Å². The lowest BCUT2D eigenvalue weighted by Gasteiger charge is -2.31. The van der Waals surface area contributed by atoms with E-state index in [9.17, 15) is 9.59 Å². The molecule has 1 heterocycles. The lowest BCUT2D eigenvalue weighted by molar-refractivity contribution is -0.142. The van der Waals surface area contributed by atoms with Crippen molar-refractivity contribution in [1.82, 2.24) is 10.2 Å². The van der Waals surface area contributed by atoms with Crippen molar-refractivity contribution in [2.45, 2.75) is 18.9 Å². The molecule has 0 radical (unpaired) electrons. The van der Waals surface area contributed by atoms with Crippen molar-refractivity contribution >= 4 is 12.0 Å². The molecule has 14 heavy (non-hydrogen) atoms. The molecular formula is C9H14N2O3. The van der Waals surface area contributed by atoms with Crippen molar-refractivity contribution in [3.8, 4) is 0 Å². The normalized spacial score (nSPS) is 18.6. The molecule has 1 aliphatic rings. The molecule has 1 saturated heterocycles. The topological polar surface area (TPSA) is 69.6 Å². The molecule has 0 saturated carbocycles. The first-order valence-electron chi connectivity index (χ1n) is 4.55. The Labute approximate surface area is 82.4 Å². The molecule has 5 nitrogen and oxygen atoms in total. The molecule has 78 valence electrons. The number of aliphatic carboxylic acids is 1. The Kier molecular flexibility index (Phi) is 3.50. The summed E-state index contributed by atoms with van der Waals surface area (Å²) in [5.41, 5.74) is 0. The molecule has 0 aliphatic carbocycles. The zero-order valence-corrected chi connectivity index (χ0v) is 7.90. The van der Waals surface area contributed by atoms with Crippen molar-refractivity contribution in [2.75, 3.05) is 13.1 Å². The lowest BCUT2D eigenvalue weighted by atomic mass is 10.1. The highest BCUT2D eigenvalue weighted by Gasteiger charge is 2.29. The lowest BCUT2D eigenvalue weighted by Crippen LogP contribution is -2.53. The molecular weight excluding hydrogens is 184 g/mol. The van der Waals surface area contributed by atoms with Gasteiger partial charge in [-0.15, -0.1) is 6.58 Å². The summed E-state index contributed by atoms with van der Waals surface area (Å²) in [5, 5.41) is 11.5. The van der Waals surface area contributed by atoms with E-state index in [1.54, 1.807) is 0 Å². The van der Waals surface area contributed by atoms with Gasteiger partial charge >= 0.3 is 12.0 Å². The van der Waals surface area contributed by atoms with Gasteiger partial charge in [0.1, 0.15) is 6.04 Å². The van der Waals surface area contributed by atoms with Crippen molar-refractivity contribution in [1.29, 1.82) is 0 Å². The van der Waals surface area contributed by atoms with Gasteiger partial charge in [0.15, 0.2) is 0 Å². The Bertz CT molecular complexity index is 252. The van der Waals surface area contributed by atoms with Crippen LogP contribution in [0.5, 0.6) is 0 Å². The summed E-state index contributed by atoms with van der Waals surface area (Å²) in [7, 11) is 0. The Morgan fingerprint density at radius 1 is 1.79 bits per heavy atom. The van der Waals surface area contributed by atoms with Crippen LogP contribution in [0.25, 0.3) is 0 Å². The molecule has 0 aromatic rings. The molecule has 1 aliphatic heterocycles. The zero-order chi connectivity index (χ0) is 10.6. The van der Waals surface area contributed by atoms with Crippen LogP contribution in [0.15, 0.2) is 12.7 Å². The van der Waals surface area contributed by atoms with E-state index in [-0.39, 0.29) is 12.5 Å². The molecule has 1 fully saturated rings. The minimum Gasteiger partial charge on any atom is -0.480 e. The maximum atomic E-state index is 11.3. The number of carboxylic acids is 1. The standard InChI is InChI=1S/C9H14N2O3/c1-2-4-7(8(12)13)11-6-3-5-10-9(11)14/h2,7H,1,3-6H2,(H,10,14)(H,12,13). The highest BCUT2D eigenvalue weighted by Crippen LogP contribution is 2.09. The van der Waals surface area contributed by atoms with Crippen molar-refractivity contribution in [3.63, 3.8) is 0 Å². The van der Waals surface area contributed by atoms with Gasteiger partial charge in [-0.3, -0.25) is 0 Å². The predicted octanol–water partition coefficient (Wildman–Crippen LogP) is 0.431.